The summed E-state index contributed by atoms with van der Waals surface area (Å²) in [7, 11) is 0. The van der Waals surface area contributed by atoms with Crippen LogP contribution in [0.1, 0.15) is 25.3 Å². The zero-order chi connectivity index (χ0) is 16.8. The number of rotatable bonds is 7. The van der Waals surface area contributed by atoms with Crippen LogP contribution in [0.25, 0.3) is 6.08 Å². The molecule has 0 spiro atoms. The van der Waals surface area contributed by atoms with Crippen LogP contribution in [-0.4, -0.2) is 23.7 Å². The van der Waals surface area contributed by atoms with E-state index in [1.807, 2.05) is 36.4 Å². The first-order chi connectivity index (χ1) is 10.5. The van der Waals surface area contributed by atoms with E-state index in [2.05, 4.69) is 20.1 Å². The third-order valence-corrected chi connectivity index (χ3v) is 2.44. The Hall–Kier alpha value is -2.62. The van der Waals surface area contributed by atoms with Gasteiger partial charge in [-0.15, -0.1) is 0 Å². The molecule has 0 saturated carbocycles. The number of carbonyl (C=O) groups excluding carboxylic acids is 1. The Morgan fingerprint density at radius 2 is 1.86 bits per heavy atom. The van der Waals surface area contributed by atoms with Gasteiger partial charge >= 0.3 is 11.9 Å². The third-order valence-electron chi connectivity index (χ3n) is 2.44. The van der Waals surface area contributed by atoms with Crippen LogP contribution < -0.4 is 0 Å². The molecule has 118 valence electrons. The lowest BCUT2D eigenvalue weighted by Crippen LogP contribution is -2.06. The second-order valence-electron chi connectivity index (χ2n) is 4.30. The van der Waals surface area contributed by atoms with E-state index in [9.17, 15) is 9.59 Å². The van der Waals surface area contributed by atoms with Crippen LogP contribution in [-0.2, 0) is 14.3 Å². The predicted octanol–water partition coefficient (Wildman–Crippen LogP) is 3.86. The van der Waals surface area contributed by atoms with E-state index in [1.54, 1.807) is 6.08 Å². The molecular formula is C18H22O4. The minimum atomic E-state index is -0.981. The normalized spacial score (nSPS) is 9.50. The predicted molar refractivity (Wildman–Crippen MR) is 88.3 cm³/mol. The first-order valence-electron chi connectivity index (χ1n) is 6.95. The fourth-order valence-corrected chi connectivity index (χ4v) is 1.23. The van der Waals surface area contributed by atoms with E-state index >= 15 is 0 Å². The summed E-state index contributed by atoms with van der Waals surface area (Å²) < 4.78 is 5.04. The minimum Gasteiger partial charge on any atom is -0.478 e. The number of carboxylic acids is 1. The van der Waals surface area contributed by atoms with Gasteiger partial charge in [0.2, 0.25) is 0 Å². The molecule has 22 heavy (non-hydrogen) atoms. The van der Waals surface area contributed by atoms with Crippen molar-refractivity contribution >= 4 is 18.0 Å². The Labute approximate surface area is 131 Å². The van der Waals surface area contributed by atoms with Crippen LogP contribution >= 0.6 is 0 Å². The van der Waals surface area contributed by atoms with Crippen LogP contribution in [0.4, 0.5) is 0 Å². The van der Waals surface area contributed by atoms with Crippen LogP contribution in [0.5, 0.6) is 0 Å². The molecule has 0 unspecified atom stereocenters. The smallest absolute Gasteiger partial charge is 0.337 e. The highest BCUT2D eigenvalue weighted by Gasteiger charge is 2.03. The van der Waals surface area contributed by atoms with Crippen LogP contribution in [0, 0.1) is 0 Å². The molecule has 0 aliphatic rings. The minimum absolute atomic E-state index is 0.342. The molecule has 1 aromatic rings. The number of aliphatic carboxylic acids is 1. The summed E-state index contributed by atoms with van der Waals surface area (Å²) in [5, 5.41) is 7.60. The van der Waals surface area contributed by atoms with Crippen molar-refractivity contribution in [3.05, 3.63) is 66.8 Å². The molecule has 0 aliphatic carbocycles. The zero-order valence-corrected chi connectivity index (χ0v) is 12.8. The molecule has 0 heterocycles. The summed E-state index contributed by atoms with van der Waals surface area (Å²) in [4.78, 5) is 20.7. The fourth-order valence-electron chi connectivity index (χ4n) is 1.23. The average molecular weight is 302 g/mol. The summed E-state index contributed by atoms with van der Waals surface area (Å²) >= 11 is 0. The van der Waals surface area contributed by atoms with Crippen LogP contribution in [0.2, 0.25) is 0 Å². The molecule has 4 nitrogen and oxygen atoms in total. The van der Waals surface area contributed by atoms with E-state index < -0.39 is 5.97 Å². The van der Waals surface area contributed by atoms with Gasteiger partial charge in [-0.2, -0.15) is 0 Å². The Morgan fingerprint density at radius 3 is 2.36 bits per heavy atom. The number of esters is 1. The number of benzene rings is 1. The highest BCUT2D eigenvalue weighted by molar-refractivity contribution is 5.92. The van der Waals surface area contributed by atoms with Gasteiger partial charge in [0.15, 0.2) is 0 Å². The number of hydrogen-bond acceptors (Lipinski definition) is 3. The van der Waals surface area contributed by atoms with E-state index in [1.165, 1.54) is 0 Å². The number of ether oxygens (including phenoxy) is 1. The first-order valence-corrected chi connectivity index (χ1v) is 6.95. The first kappa shape index (κ1) is 19.4. The summed E-state index contributed by atoms with van der Waals surface area (Å²) in [5.74, 6) is -1.32. The lowest BCUT2D eigenvalue weighted by molar-refractivity contribution is -0.138. The molecule has 1 aromatic carbocycles. The Bertz CT molecular complexity index is 515. The second kappa shape index (κ2) is 12.1. The molecule has 0 aromatic heterocycles. The van der Waals surface area contributed by atoms with Crippen molar-refractivity contribution in [3.8, 4) is 0 Å². The summed E-state index contributed by atoms with van der Waals surface area (Å²) in [6.45, 7) is 9.17. The second-order valence-corrected chi connectivity index (χ2v) is 4.30. The molecule has 0 saturated heterocycles. The quantitative estimate of drug-likeness (QED) is 0.359. The fraction of sp³-hybridized carbons (Fsp3) is 0.222. The molecule has 0 amide bonds. The van der Waals surface area contributed by atoms with Gasteiger partial charge in [-0.3, -0.25) is 0 Å². The molecule has 0 fully saturated rings. The average Bonchev–Trinajstić information content (AvgIpc) is 2.54. The summed E-state index contributed by atoms with van der Waals surface area (Å²) in [6.07, 6.45) is 6.27. The highest BCUT2D eigenvalue weighted by atomic mass is 16.5. The van der Waals surface area contributed by atoms with Crippen molar-refractivity contribution in [2.75, 3.05) is 6.61 Å². The van der Waals surface area contributed by atoms with Crippen molar-refractivity contribution in [1.29, 1.82) is 0 Å². The molecule has 0 aliphatic heterocycles. The monoisotopic (exact) mass is 302 g/mol. The molecule has 1 rings (SSSR count). The van der Waals surface area contributed by atoms with E-state index in [4.69, 9.17) is 9.84 Å². The zero-order valence-electron chi connectivity index (χ0n) is 12.8. The Kier molecular flexibility index (Phi) is 10.7. The number of carboxylic acid groups (broad SMARTS) is 1. The maximum Gasteiger partial charge on any atom is 0.337 e. The van der Waals surface area contributed by atoms with Crippen LogP contribution in [0.15, 0.2) is 61.2 Å². The van der Waals surface area contributed by atoms with Gasteiger partial charge < -0.3 is 9.84 Å². The maximum absolute atomic E-state index is 11.5. The van der Waals surface area contributed by atoms with E-state index in [0.717, 1.165) is 24.5 Å². The largest absolute Gasteiger partial charge is 0.478 e. The summed E-state index contributed by atoms with van der Waals surface area (Å²) in [6, 6.07) is 9.77. The number of carbonyl (C=O) groups is 2. The van der Waals surface area contributed by atoms with Crippen molar-refractivity contribution in [1.82, 2.24) is 0 Å². The molecule has 4 heteroatoms. The third kappa shape index (κ3) is 10.2. The van der Waals surface area contributed by atoms with E-state index in [-0.39, 0.29) is 5.97 Å². The van der Waals surface area contributed by atoms with Crippen molar-refractivity contribution < 1.29 is 19.4 Å². The van der Waals surface area contributed by atoms with Crippen molar-refractivity contribution in [2.24, 2.45) is 0 Å². The highest BCUT2D eigenvalue weighted by Crippen LogP contribution is 2.05. The van der Waals surface area contributed by atoms with Gasteiger partial charge in [0.1, 0.15) is 0 Å². The van der Waals surface area contributed by atoms with Gasteiger partial charge in [0.25, 0.3) is 0 Å². The SMILES string of the molecule is C=C(C=Cc1ccccc1)C(=O)OCCCC.C=CC(=O)O. The van der Waals surface area contributed by atoms with Gasteiger partial charge in [0, 0.05) is 6.08 Å². The van der Waals surface area contributed by atoms with Gasteiger partial charge in [-0.25, -0.2) is 9.59 Å². The topological polar surface area (TPSA) is 63.6 Å². The Balaban J connectivity index is 0.000000763. The summed E-state index contributed by atoms with van der Waals surface area (Å²) in [5.41, 5.74) is 1.42. The lowest BCUT2D eigenvalue weighted by Gasteiger charge is -2.02. The van der Waals surface area contributed by atoms with Gasteiger partial charge in [-0.05, 0) is 18.1 Å². The molecule has 0 bridgehead atoms. The lowest BCUT2D eigenvalue weighted by atomic mass is 10.2. The number of hydrogen-bond donors (Lipinski definition) is 1. The molecule has 0 atom stereocenters. The Morgan fingerprint density at radius 1 is 1.27 bits per heavy atom. The molecule has 0 radical (unpaired) electrons. The maximum atomic E-state index is 11.5. The van der Waals surface area contributed by atoms with Gasteiger partial charge in [0.05, 0.1) is 12.2 Å². The van der Waals surface area contributed by atoms with E-state index in [0.29, 0.717) is 12.2 Å². The molecule has 1 N–H and O–H groups in total. The molecular weight excluding hydrogens is 280 g/mol. The van der Waals surface area contributed by atoms with Crippen LogP contribution in [0.3, 0.4) is 0 Å². The number of unbranched alkanes of at least 4 members (excludes halogenated alkanes) is 1. The van der Waals surface area contributed by atoms with Crippen molar-refractivity contribution in [2.45, 2.75) is 19.8 Å². The van der Waals surface area contributed by atoms with Gasteiger partial charge in [-0.1, -0.05) is 62.9 Å². The standard InChI is InChI=1S/C15H18O2.C3H4O2/c1-3-4-12-17-15(16)13(2)10-11-14-8-6-5-7-9-14;1-2-3(4)5/h5-11H,2-4,12H2,1H3;2H,1H2,(H,4,5). The van der Waals surface area contributed by atoms with Crippen molar-refractivity contribution in [3.63, 3.8) is 0 Å².